The van der Waals surface area contributed by atoms with Crippen LogP contribution in [-0.2, 0) is 0 Å². The molecule has 17 heavy (non-hydrogen) atoms. The Labute approximate surface area is 107 Å². The molecule has 0 aliphatic rings. The van der Waals surface area contributed by atoms with Crippen molar-refractivity contribution in [3.63, 3.8) is 0 Å². The minimum absolute atomic E-state index is 1.13. The zero-order valence-electron chi connectivity index (χ0n) is 12.3. The summed E-state index contributed by atoms with van der Waals surface area (Å²) in [7, 11) is 0. The fraction of sp³-hybridized carbons (Fsp3) is 0.529. The quantitative estimate of drug-likeness (QED) is 0.632. The highest BCUT2D eigenvalue weighted by Gasteiger charge is 2.09. The van der Waals surface area contributed by atoms with Gasteiger partial charge in [-0.3, -0.25) is 0 Å². The second kappa shape index (κ2) is 6.05. The first kappa shape index (κ1) is 14.0. The highest BCUT2D eigenvalue weighted by molar-refractivity contribution is 5.72. The summed E-state index contributed by atoms with van der Waals surface area (Å²) < 4.78 is 0. The Bertz CT molecular complexity index is 422. The molecule has 0 heteroatoms. The first-order valence-electron chi connectivity index (χ1n) is 6.78. The predicted octanol–water partition coefficient (Wildman–Crippen LogP) is 5.60. The van der Waals surface area contributed by atoms with Gasteiger partial charge in [-0.05, 0) is 62.8 Å². The number of hydrogen-bond donors (Lipinski definition) is 0. The Hall–Kier alpha value is -1.04. The summed E-state index contributed by atoms with van der Waals surface area (Å²) in [5, 5.41) is 0. The molecule has 0 unspecified atom stereocenters. The smallest absolute Gasteiger partial charge is 0.0191 e. The normalized spacial score (nSPS) is 12.6. The van der Waals surface area contributed by atoms with Crippen molar-refractivity contribution in [2.75, 3.05) is 0 Å². The third kappa shape index (κ3) is 3.21. The van der Waals surface area contributed by atoms with Gasteiger partial charge in [0.15, 0.2) is 0 Å². The molecule has 0 aromatic heterocycles. The van der Waals surface area contributed by atoms with Gasteiger partial charge in [0.2, 0.25) is 0 Å². The first-order valence-corrected chi connectivity index (χ1v) is 6.78. The van der Waals surface area contributed by atoms with E-state index in [-0.39, 0.29) is 0 Å². The van der Waals surface area contributed by atoms with Gasteiger partial charge in [0.1, 0.15) is 0 Å². The zero-order chi connectivity index (χ0) is 13.0. The van der Waals surface area contributed by atoms with Crippen LogP contribution >= 0.6 is 0 Å². The minimum Gasteiger partial charge on any atom is -0.0695 e. The first-order chi connectivity index (χ1) is 8.01. The second-order valence-corrected chi connectivity index (χ2v) is 5.12. The Kier molecular flexibility index (Phi) is 4.99. The summed E-state index contributed by atoms with van der Waals surface area (Å²) in [5.41, 5.74) is 8.81. The summed E-state index contributed by atoms with van der Waals surface area (Å²) in [4.78, 5) is 0. The summed E-state index contributed by atoms with van der Waals surface area (Å²) in [5.74, 6) is 0. The SMILES string of the molecule is CCC/C(C)=C(\CC)c1cc(C)cc(C)c1C. The predicted molar refractivity (Wildman–Crippen MR) is 78.4 cm³/mol. The van der Waals surface area contributed by atoms with Crippen LogP contribution in [0.2, 0.25) is 0 Å². The van der Waals surface area contributed by atoms with Crippen molar-refractivity contribution >= 4 is 5.57 Å². The number of hydrogen-bond acceptors (Lipinski definition) is 0. The van der Waals surface area contributed by atoms with Gasteiger partial charge in [-0.25, -0.2) is 0 Å². The maximum atomic E-state index is 2.35. The van der Waals surface area contributed by atoms with Crippen molar-refractivity contribution in [3.05, 3.63) is 40.0 Å². The molecular formula is C17H26. The van der Waals surface area contributed by atoms with Crippen LogP contribution in [0.3, 0.4) is 0 Å². The Morgan fingerprint density at radius 1 is 1.06 bits per heavy atom. The maximum absolute atomic E-state index is 2.35. The van der Waals surface area contributed by atoms with Crippen molar-refractivity contribution < 1.29 is 0 Å². The molecule has 0 radical (unpaired) electrons. The summed E-state index contributed by atoms with van der Waals surface area (Å²) >= 11 is 0. The monoisotopic (exact) mass is 230 g/mol. The third-order valence-electron chi connectivity index (χ3n) is 3.63. The lowest BCUT2D eigenvalue weighted by Gasteiger charge is -2.16. The molecule has 0 atom stereocenters. The van der Waals surface area contributed by atoms with Crippen LogP contribution in [-0.4, -0.2) is 0 Å². The minimum atomic E-state index is 1.13. The Balaban J connectivity index is 3.35. The maximum Gasteiger partial charge on any atom is -0.0191 e. The number of aryl methyl sites for hydroxylation is 2. The fourth-order valence-corrected chi connectivity index (χ4v) is 2.60. The van der Waals surface area contributed by atoms with Crippen LogP contribution in [0.5, 0.6) is 0 Å². The van der Waals surface area contributed by atoms with Gasteiger partial charge in [0, 0.05) is 0 Å². The van der Waals surface area contributed by atoms with Crippen molar-refractivity contribution in [3.8, 4) is 0 Å². The van der Waals surface area contributed by atoms with Crippen LogP contribution in [0.4, 0.5) is 0 Å². The summed E-state index contributed by atoms with van der Waals surface area (Å²) in [6.07, 6.45) is 3.59. The van der Waals surface area contributed by atoms with E-state index in [1.807, 2.05) is 0 Å². The molecule has 0 N–H and O–H groups in total. The third-order valence-corrected chi connectivity index (χ3v) is 3.63. The molecule has 0 nitrogen and oxygen atoms in total. The van der Waals surface area contributed by atoms with E-state index < -0.39 is 0 Å². The van der Waals surface area contributed by atoms with Gasteiger partial charge < -0.3 is 0 Å². The van der Waals surface area contributed by atoms with E-state index in [0.29, 0.717) is 0 Å². The molecule has 0 aliphatic heterocycles. The zero-order valence-corrected chi connectivity index (χ0v) is 12.3. The average Bonchev–Trinajstić information content (AvgIpc) is 2.26. The van der Waals surface area contributed by atoms with Crippen LogP contribution < -0.4 is 0 Å². The van der Waals surface area contributed by atoms with Gasteiger partial charge in [-0.2, -0.15) is 0 Å². The molecule has 1 aromatic rings. The molecule has 0 fully saturated rings. The topological polar surface area (TPSA) is 0 Å². The molecule has 1 rings (SSSR count). The summed E-state index contributed by atoms with van der Waals surface area (Å²) in [6.45, 7) is 13.5. The van der Waals surface area contributed by atoms with E-state index >= 15 is 0 Å². The van der Waals surface area contributed by atoms with Gasteiger partial charge >= 0.3 is 0 Å². The van der Waals surface area contributed by atoms with E-state index in [2.05, 4.69) is 53.7 Å². The van der Waals surface area contributed by atoms with E-state index in [9.17, 15) is 0 Å². The molecule has 1 aromatic carbocycles. The lowest BCUT2D eigenvalue weighted by Crippen LogP contribution is -1.96. The highest BCUT2D eigenvalue weighted by Crippen LogP contribution is 2.29. The van der Waals surface area contributed by atoms with Gasteiger partial charge in [-0.15, -0.1) is 0 Å². The molecular weight excluding hydrogens is 204 g/mol. The van der Waals surface area contributed by atoms with Gasteiger partial charge in [0.25, 0.3) is 0 Å². The van der Waals surface area contributed by atoms with Crippen LogP contribution in [0.15, 0.2) is 17.7 Å². The standard InChI is InChI=1S/C17H26/c1-7-9-13(4)16(8-2)17-11-12(3)10-14(5)15(17)6/h10-11H,7-9H2,1-6H3/b16-13+. The van der Waals surface area contributed by atoms with E-state index in [1.165, 1.54) is 35.1 Å². The molecule has 0 aliphatic carbocycles. The average molecular weight is 230 g/mol. The molecule has 0 spiro atoms. The molecule has 0 amide bonds. The van der Waals surface area contributed by atoms with E-state index in [0.717, 1.165) is 6.42 Å². The number of rotatable bonds is 4. The van der Waals surface area contributed by atoms with E-state index in [1.54, 1.807) is 11.1 Å². The lowest BCUT2D eigenvalue weighted by atomic mass is 9.89. The van der Waals surface area contributed by atoms with Crippen molar-refractivity contribution in [1.82, 2.24) is 0 Å². The van der Waals surface area contributed by atoms with Crippen LogP contribution in [0.25, 0.3) is 5.57 Å². The lowest BCUT2D eigenvalue weighted by molar-refractivity contribution is 0.901. The van der Waals surface area contributed by atoms with Crippen molar-refractivity contribution in [2.24, 2.45) is 0 Å². The fourth-order valence-electron chi connectivity index (χ4n) is 2.60. The molecule has 0 saturated carbocycles. The number of allylic oxidation sites excluding steroid dienone is 2. The van der Waals surface area contributed by atoms with E-state index in [4.69, 9.17) is 0 Å². The highest BCUT2D eigenvalue weighted by atomic mass is 14.1. The molecule has 0 heterocycles. The van der Waals surface area contributed by atoms with Crippen LogP contribution in [0.1, 0.15) is 62.3 Å². The Morgan fingerprint density at radius 3 is 2.24 bits per heavy atom. The van der Waals surface area contributed by atoms with Gasteiger partial charge in [-0.1, -0.05) is 43.5 Å². The molecule has 0 saturated heterocycles. The summed E-state index contributed by atoms with van der Waals surface area (Å²) in [6, 6.07) is 4.63. The van der Waals surface area contributed by atoms with Gasteiger partial charge in [0.05, 0.1) is 0 Å². The van der Waals surface area contributed by atoms with Crippen molar-refractivity contribution in [2.45, 2.75) is 60.8 Å². The largest absolute Gasteiger partial charge is 0.0695 e. The molecule has 0 bridgehead atoms. The van der Waals surface area contributed by atoms with Crippen molar-refractivity contribution in [1.29, 1.82) is 0 Å². The molecule has 94 valence electrons. The van der Waals surface area contributed by atoms with Crippen LogP contribution in [0, 0.1) is 20.8 Å². The second-order valence-electron chi connectivity index (χ2n) is 5.12. The Morgan fingerprint density at radius 2 is 1.71 bits per heavy atom. The number of benzene rings is 1.